The minimum Gasteiger partial charge on any atom is -0.468 e. The number of hydrogen-bond donors (Lipinski definition) is 1. The summed E-state index contributed by atoms with van der Waals surface area (Å²) < 4.78 is 6.91. The SMILES string of the molecule is COC(=O)[C@H](NCc1nnc(C2CC2)n1C)c1ccccc1. The topological polar surface area (TPSA) is 69.0 Å². The molecule has 1 aliphatic rings. The molecule has 0 aliphatic heterocycles. The van der Waals surface area contributed by atoms with E-state index in [0.29, 0.717) is 12.5 Å². The summed E-state index contributed by atoms with van der Waals surface area (Å²) in [4.78, 5) is 12.0. The van der Waals surface area contributed by atoms with Crippen LogP contribution in [0.4, 0.5) is 0 Å². The number of aromatic nitrogens is 3. The third-order valence-electron chi connectivity index (χ3n) is 3.98. The van der Waals surface area contributed by atoms with Crippen LogP contribution < -0.4 is 5.32 Å². The van der Waals surface area contributed by atoms with Gasteiger partial charge in [0, 0.05) is 13.0 Å². The summed E-state index contributed by atoms with van der Waals surface area (Å²) in [5.41, 5.74) is 0.874. The number of esters is 1. The summed E-state index contributed by atoms with van der Waals surface area (Å²) in [6.07, 6.45) is 2.38. The molecule has 1 aromatic carbocycles. The maximum atomic E-state index is 12.0. The lowest BCUT2D eigenvalue weighted by molar-refractivity contribution is -0.143. The Morgan fingerprint density at radius 3 is 2.73 bits per heavy atom. The second-order valence-electron chi connectivity index (χ2n) is 5.56. The van der Waals surface area contributed by atoms with Crippen molar-refractivity contribution in [3.63, 3.8) is 0 Å². The minimum atomic E-state index is -0.507. The zero-order valence-corrected chi connectivity index (χ0v) is 12.8. The standard InChI is InChI=1S/C16H20N4O2/c1-20-13(18-19-15(20)12-8-9-12)10-17-14(16(21)22-2)11-6-4-3-5-7-11/h3-7,12,14,17H,8-10H2,1-2H3/t14-/m1/s1. The highest BCUT2D eigenvalue weighted by molar-refractivity contribution is 5.77. The molecule has 0 spiro atoms. The fraction of sp³-hybridized carbons (Fsp3) is 0.438. The Morgan fingerprint density at radius 1 is 1.36 bits per heavy atom. The molecule has 3 rings (SSSR count). The average Bonchev–Trinajstić information content (AvgIpc) is 3.33. The fourth-order valence-electron chi connectivity index (χ4n) is 2.52. The van der Waals surface area contributed by atoms with E-state index in [1.165, 1.54) is 20.0 Å². The first-order chi connectivity index (χ1) is 10.7. The van der Waals surface area contributed by atoms with Gasteiger partial charge < -0.3 is 9.30 Å². The number of carbonyl (C=O) groups excluding carboxylic acids is 1. The van der Waals surface area contributed by atoms with Gasteiger partial charge in [-0.3, -0.25) is 5.32 Å². The van der Waals surface area contributed by atoms with Gasteiger partial charge in [0.05, 0.1) is 13.7 Å². The van der Waals surface area contributed by atoms with Gasteiger partial charge in [-0.25, -0.2) is 4.79 Å². The van der Waals surface area contributed by atoms with Crippen LogP contribution >= 0.6 is 0 Å². The van der Waals surface area contributed by atoms with Gasteiger partial charge in [0.15, 0.2) is 0 Å². The van der Waals surface area contributed by atoms with Crippen molar-refractivity contribution in [3.05, 3.63) is 47.5 Å². The molecular formula is C16H20N4O2. The van der Waals surface area contributed by atoms with Crippen molar-refractivity contribution in [2.45, 2.75) is 31.3 Å². The van der Waals surface area contributed by atoms with Crippen LogP contribution in [0.3, 0.4) is 0 Å². The van der Waals surface area contributed by atoms with E-state index in [4.69, 9.17) is 4.74 Å². The summed E-state index contributed by atoms with van der Waals surface area (Å²) >= 11 is 0. The molecule has 1 N–H and O–H groups in total. The molecule has 116 valence electrons. The van der Waals surface area contributed by atoms with E-state index in [9.17, 15) is 4.79 Å². The van der Waals surface area contributed by atoms with Gasteiger partial charge in [0.25, 0.3) is 0 Å². The van der Waals surface area contributed by atoms with Gasteiger partial charge in [0.2, 0.25) is 0 Å². The van der Waals surface area contributed by atoms with Crippen LogP contribution in [0, 0.1) is 0 Å². The van der Waals surface area contributed by atoms with Crippen LogP contribution in [0.1, 0.15) is 42.0 Å². The number of nitrogens with zero attached hydrogens (tertiary/aromatic N) is 3. The van der Waals surface area contributed by atoms with Crippen molar-refractivity contribution in [3.8, 4) is 0 Å². The Morgan fingerprint density at radius 2 is 2.09 bits per heavy atom. The fourth-order valence-corrected chi connectivity index (χ4v) is 2.52. The van der Waals surface area contributed by atoms with Gasteiger partial charge in [-0.15, -0.1) is 10.2 Å². The molecule has 22 heavy (non-hydrogen) atoms. The van der Waals surface area contributed by atoms with Crippen molar-refractivity contribution in [1.29, 1.82) is 0 Å². The minimum absolute atomic E-state index is 0.309. The highest BCUT2D eigenvalue weighted by Crippen LogP contribution is 2.38. The number of benzene rings is 1. The summed E-state index contributed by atoms with van der Waals surface area (Å²) in [5, 5.41) is 11.7. The molecule has 1 aliphatic carbocycles. The Labute approximate surface area is 129 Å². The van der Waals surface area contributed by atoms with Crippen molar-refractivity contribution in [1.82, 2.24) is 20.1 Å². The third-order valence-corrected chi connectivity index (χ3v) is 3.98. The zero-order chi connectivity index (χ0) is 15.5. The average molecular weight is 300 g/mol. The quantitative estimate of drug-likeness (QED) is 0.822. The van der Waals surface area contributed by atoms with Crippen LogP contribution in [0.5, 0.6) is 0 Å². The van der Waals surface area contributed by atoms with Gasteiger partial charge in [-0.1, -0.05) is 30.3 Å². The predicted octanol–water partition coefficient (Wildman–Crippen LogP) is 1.70. The van der Waals surface area contributed by atoms with E-state index >= 15 is 0 Å². The van der Waals surface area contributed by atoms with Gasteiger partial charge in [-0.05, 0) is 18.4 Å². The van der Waals surface area contributed by atoms with Crippen LogP contribution in [0.25, 0.3) is 0 Å². The van der Waals surface area contributed by atoms with Crippen molar-refractivity contribution in [2.24, 2.45) is 7.05 Å². The van der Waals surface area contributed by atoms with E-state index in [1.54, 1.807) is 0 Å². The summed E-state index contributed by atoms with van der Waals surface area (Å²) in [7, 11) is 3.37. The Kier molecular flexibility index (Phi) is 4.20. The van der Waals surface area contributed by atoms with E-state index in [2.05, 4.69) is 15.5 Å². The molecule has 0 saturated heterocycles. The predicted molar refractivity (Wildman–Crippen MR) is 81.0 cm³/mol. The molecular weight excluding hydrogens is 280 g/mol. The number of ether oxygens (including phenoxy) is 1. The van der Waals surface area contributed by atoms with Gasteiger partial charge >= 0.3 is 5.97 Å². The first-order valence-electron chi connectivity index (χ1n) is 7.45. The van der Waals surface area contributed by atoms with Crippen LogP contribution in [-0.4, -0.2) is 27.8 Å². The molecule has 0 unspecified atom stereocenters. The van der Waals surface area contributed by atoms with Gasteiger partial charge in [0.1, 0.15) is 17.7 Å². The third kappa shape index (κ3) is 3.01. The maximum absolute atomic E-state index is 12.0. The van der Waals surface area contributed by atoms with E-state index in [0.717, 1.165) is 17.2 Å². The normalized spacial score (nSPS) is 15.5. The lowest BCUT2D eigenvalue weighted by Gasteiger charge is -2.16. The van der Waals surface area contributed by atoms with E-state index in [1.807, 2.05) is 41.9 Å². The van der Waals surface area contributed by atoms with Crippen LogP contribution in [0.15, 0.2) is 30.3 Å². The summed E-state index contributed by atoms with van der Waals surface area (Å²) in [5.74, 6) is 2.10. The zero-order valence-electron chi connectivity index (χ0n) is 12.8. The highest BCUT2D eigenvalue weighted by Gasteiger charge is 2.29. The van der Waals surface area contributed by atoms with E-state index in [-0.39, 0.29) is 5.97 Å². The summed E-state index contributed by atoms with van der Waals surface area (Å²) in [6, 6.07) is 9.03. The second kappa shape index (κ2) is 6.27. The van der Waals surface area contributed by atoms with Crippen molar-refractivity contribution < 1.29 is 9.53 Å². The number of carbonyl (C=O) groups is 1. The molecule has 0 bridgehead atoms. The van der Waals surface area contributed by atoms with Crippen molar-refractivity contribution >= 4 is 5.97 Å². The molecule has 1 aromatic heterocycles. The Hall–Kier alpha value is -2.21. The largest absolute Gasteiger partial charge is 0.468 e. The molecule has 6 heteroatoms. The summed E-state index contributed by atoms with van der Waals surface area (Å²) in [6.45, 7) is 0.463. The van der Waals surface area contributed by atoms with E-state index < -0.39 is 6.04 Å². The smallest absolute Gasteiger partial charge is 0.327 e. The molecule has 1 heterocycles. The molecule has 1 atom stereocenters. The maximum Gasteiger partial charge on any atom is 0.327 e. The monoisotopic (exact) mass is 300 g/mol. The number of hydrogen-bond acceptors (Lipinski definition) is 5. The number of methoxy groups -OCH3 is 1. The Balaban J connectivity index is 1.73. The molecule has 1 saturated carbocycles. The first kappa shape index (κ1) is 14.7. The van der Waals surface area contributed by atoms with Crippen LogP contribution in [0.2, 0.25) is 0 Å². The first-order valence-corrected chi connectivity index (χ1v) is 7.45. The molecule has 2 aromatic rings. The Bertz CT molecular complexity index is 649. The van der Waals surface area contributed by atoms with Gasteiger partial charge in [-0.2, -0.15) is 0 Å². The lowest BCUT2D eigenvalue weighted by Crippen LogP contribution is -2.30. The van der Waals surface area contributed by atoms with Crippen molar-refractivity contribution in [2.75, 3.05) is 7.11 Å². The molecule has 0 radical (unpaired) electrons. The lowest BCUT2D eigenvalue weighted by atomic mass is 10.1. The molecule has 0 amide bonds. The second-order valence-corrected chi connectivity index (χ2v) is 5.56. The molecule has 6 nitrogen and oxygen atoms in total. The molecule has 1 fully saturated rings. The van der Waals surface area contributed by atoms with Crippen LogP contribution in [-0.2, 0) is 23.1 Å². The number of nitrogens with one attached hydrogen (secondary N) is 1. The number of rotatable bonds is 6. The highest BCUT2D eigenvalue weighted by atomic mass is 16.5.